The van der Waals surface area contributed by atoms with Crippen LogP contribution < -0.4 is 0 Å². The molecular weight excluding hydrogens is 328 g/mol. The highest BCUT2D eigenvalue weighted by Crippen LogP contribution is 2.28. The Bertz CT molecular complexity index is 910. The van der Waals surface area contributed by atoms with E-state index in [-0.39, 0.29) is 6.42 Å². The Labute approximate surface area is 150 Å². The first kappa shape index (κ1) is 17.2. The molecule has 0 aliphatic heterocycles. The van der Waals surface area contributed by atoms with Crippen molar-refractivity contribution in [2.24, 2.45) is 5.41 Å². The van der Waals surface area contributed by atoms with Gasteiger partial charge < -0.3 is 5.11 Å². The summed E-state index contributed by atoms with van der Waals surface area (Å²) in [4.78, 5) is 24.7. The normalized spacial score (nSPS) is 12.8. The molecule has 0 aliphatic rings. The SMILES string of the molecule is CC(C#N)(Cc1cc(-c2ccccn2)nc(-c2ccccn2)c1)C(=O)O. The van der Waals surface area contributed by atoms with Crippen LogP contribution >= 0.6 is 0 Å². The summed E-state index contributed by atoms with van der Waals surface area (Å²) in [5, 5.41) is 18.7. The number of aliphatic carboxylic acids is 1. The van der Waals surface area contributed by atoms with Crippen molar-refractivity contribution in [2.45, 2.75) is 13.3 Å². The number of carboxylic acids is 1. The first-order chi connectivity index (χ1) is 12.5. The molecule has 1 atom stereocenters. The smallest absolute Gasteiger partial charge is 0.324 e. The molecule has 3 heterocycles. The second-order valence-electron chi connectivity index (χ2n) is 6.10. The van der Waals surface area contributed by atoms with Gasteiger partial charge in [0.15, 0.2) is 5.41 Å². The highest BCUT2D eigenvalue weighted by atomic mass is 16.4. The van der Waals surface area contributed by atoms with Crippen LogP contribution in [0.3, 0.4) is 0 Å². The van der Waals surface area contributed by atoms with E-state index < -0.39 is 11.4 Å². The number of nitriles is 1. The lowest BCUT2D eigenvalue weighted by molar-refractivity contribution is -0.144. The van der Waals surface area contributed by atoms with Crippen LogP contribution in [0.2, 0.25) is 0 Å². The van der Waals surface area contributed by atoms with Crippen molar-refractivity contribution in [2.75, 3.05) is 0 Å². The molecule has 0 fully saturated rings. The van der Waals surface area contributed by atoms with E-state index in [2.05, 4.69) is 15.0 Å². The molecular formula is C20H16N4O2. The number of nitrogens with zero attached hydrogens (tertiary/aromatic N) is 4. The summed E-state index contributed by atoms with van der Waals surface area (Å²) in [6.45, 7) is 1.41. The topological polar surface area (TPSA) is 99.8 Å². The molecule has 0 aliphatic carbocycles. The van der Waals surface area contributed by atoms with Crippen LogP contribution in [0.5, 0.6) is 0 Å². The van der Waals surface area contributed by atoms with Crippen molar-refractivity contribution >= 4 is 5.97 Å². The summed E-state index contributed by atoms with van der Waals surface area (Å²) in [6.07, 6.45) is 3.39. The Morgan fingerprint density at radius 2 is 1.58 bits per heavy atom. The summed E-state index contributed by atoms with van der Waals surface area (Å²) in [6, 6.07) is 16.4. The lowest BCUT2D eigenvalue weighted by Gasteiger charge is -2.17. The predicted molar refractivity (Wildman–Crippen MR) is 95.8 cm³/mol. The van der Waals surface area contributed by atoms with Crippen molar-refractivity contribution < 1.29 is 9.90 Å². The number of carbonyl (C=O) groups is 1. The van der Waals surface area contributed by atoms with E-state index in [1.165, 1.54) is 6.92 Å². The van der Waals surface area contributed by atoms with Gasteiger partial charge in [-0.25, -0.2) is 4.98 Å². The maximum Gasteiger partial charge on any atom is 0.324 e. The van der Waals surface area contributed by atoms with Crippen LogP contribution in [0.15, 0.2) is 60.9 Å². The van der Waals surface area contributed by atoms with Gasteiger partial charge in [-0.3, -0.25) is 14.8 Å². The second kappa shape index (κ2) is 7.11. The van der Waals surface area contributed by atoms with Crippen molar-refractivity contribution in [1.29, 1.82) is 5.26 Å². The Kier molecular flexibility index (Phi) is 4.72. The molecule has 26 heavy (non-hydrogen) atoms. The van der Waals surface area contributed by atoms with Crippen molar-refractivity contribution in [3.05, 3.63) is 66.5 Å². The van der Waals surface area contributed by atoms with E-state index in [1.807, 2.05) is 42.5 Å². The summed E-state index contributed by atoms with van der Waals surface area (Å²) < 4.78 is 0. The summed E-state index contributed by atoms with van der Waals surface area (Å²) in [5.74, 6) is -1.16. The lowest BCUT2D eigenvalue weighted by atomic mass is 9.85. The van der Waals surface area contributed by atoms with Gasteiger partial charge in [0.2, 0.25) is 0 Å². The fourth-order valence-corrected chi connectivity index (χ4v) is 2.55. The standard InChI is InChI=1S/C20H16N4O2/c1-20(13-21,19(25)26)12-14-10-17(15-6-2-4-8-22-15)24-18(11-14)16-7-3-5-9-23-16/h2-11H,12H2,1H3,(H,25,26). The number of aromatic nitrogens is 3. The van der Waals surface area contributed by atoms with Crippen LogP contribution in [-0.2, 0) is 11.2 Å². The lowest BCUT2D eigenvalue weighted by Crippen LogP contribution is -2.28. The molecule has 0 saturated heterocycles. The summed E-state index contributed by atoms with van der Waals surface area (Å²) in [5.41, 5.74) is 1.71. The third kappa shape index (κ3) is 3.57. The van der Waals surface area contributed by atoms with Gasteiger partial charge in [-0.05, 0) is 48.9 Å². The molecule has 0 bridgehead atoms. The minimum atomic E-state index is -1.52. The first-order valence-corrected chi connectivity index (χ1v) is 8.00. The number of pyridine rings is 3. The zero-order chi connectivity index (χ0) is 18.6. The third-order valence-corrected chi connectivity index (χ3v) is 4.02. The van der Waals surface area contributed by atoms with Gasteiger partial charge in [-0.1, -0.05) is 12.1 Å². The largest absolute Gasteiger partial charge is 0.480 e. The number of carboxylic acid groups (broad SMARTS) is 1. The van der Waals surface area contributed by atoms with Gasteiger partial charge in [0, 0.05) is 18.8 Å². The summed E-state index contributed by atoms with van der Waals surface area (Å²) in [7, 11) is 0. The molecule has 1 N–H and O–H groups in total. The van der Waals surface area contributed by atoms with E-state index >= 15 is 0 Å². The number of rotatable bonds is 5. The minimum absolute atomic E-state index is 0.0566. The molecule has 1 unspecified atom stereocenters. The van der Waals surface area contributed by atoms with Crippen LogP contribution in [-0.4, -0.2) is 26.0 Å². The van der Waals surface area contributed by atoms with Gasteiger partial charge in [-0.15, -0.1) is 0 Å². The predicted octanol–water partition coefficient (Wildman–Crippen LogP) is 3.36. The molecule has 0 radical (unpaired) electrons. The third-order valence-electron chi connectivity index (χ3n) is 4.02. The zero-order valence-electron chi connectivity index (χ0n) is 14.1. The molecule has 0 saturated carbocycles. The molecule has 0 amide bonds. The quantitative estimate of drug-likeness (QED) is 0.762. The van der Waals surface area contributed by atoms with Gasteiger partial charge in [0.05, 0.1) is 28.8 Å². The van der Waals surface area contributed by atoms with Crippen molar-refractivity contribution in [3.8, 4) is 28.8 Å². The van der Waals surface area contributed by atoms with Crippen LogP contribution in [0.4, 0.5) is 0 Å². The maximum atomic E-state index is 11.5. The summed E-state index contributed by atoms with van der Waals surface area (Å²) >= 11 is 0. The highest BCUT2D eigenvalue weighted by molar-refractivity contribution is 5.78. The Morgan fingerprint density at radius 1 is 1.04 bits per heavy atom. The molecule has 3 aromatic rings. The number of hydrogen-bond donors (Lipinski definition) is 1. The first-order valence-electron chi connectivity index (χ1n) is 8.00. The Hall–Kier alpha value is -3.59. The maximum absolute atomic E-state index is 11.5. The van der Waals surface area contributed by atoms with Crippen LogP contribution in [0.1, 0.15) is 12.5 Å². The van der Waals surface area contributed by atoms with Crippen molar-refractivity contribution in [3.63, 3.8) is 0 Å². The van der Waals surface area contributed by atoms with E-state index in [4.69, 9.17) is 0 Å². The van der Waals surface area contributed by atoms with Gasteiger partial charge >= 0.3 is 5.97 Å². The molecule has 6 heteroatoms. The Balaban J connectivity index is 2.13. The van der Waals surface area contributed by atoms with Crippen LogP contribution in [0.25, 0.3) is 22.8 Å². The van der Waals surface area contributed by atoms with Gasteiger partial charge in [-0.2, -0.15) is 5.26 Å². The van der Waals surface area contributed by atoms with Crippen LogP contribution in [0, 0.1) is 16.7 Å². The highest BCUT2D eigenvalue weighted by Gasteiger charge is 2.33. The molecule has 0 spiro atoms. The molecule has 3 aromatic heterocycles. The van der Waals surface area contributed by atoms with E-state index in [1.54, 1.807) is 24.5 Å². The fraction of sp³-hybridized carbons (Fsp3) is 0.150. The molecule has 6 nitrogen and oxygen atoms in total. The second-order valence-corrected chi connectivity index (χ2v) is 6.10. The van der Waals surface area contributed by atoms with Crippen molar-refractivity contribution in [1.82, 2.24) is 15.0 Å². The minimum Gasteiger partial charge on any atom is -0.480 e. The van der Waals surface area contributed by atoms with E-state index in [9.17, 15) is 15.2 Å². The average molecular weight is 344 g/mol. The molecule has 128 valence electrons. The Morgan fingerprint density at radius 3 is 1.96 bits per heavy atom. The molecule has 3 rings (SSSR count). The zero-order valence-corrected chi connectivity index (χ0v) is 14.1. The van der Waals surface area contributed by atoms with E-state index in [0.717, 1.165) is 0 Å². The average Bonchev–Trinajstić information content (AvgIpc) is 2.69. The van der Waals surface area contributed by atoms with E-state index in [0.29, 0.717) is 28.3 Å². The monoisotopic (exact) mass is 344 g/mol. The number of hydrogen-bond acceptors (Lipinski definition) is 5. The fourth-order valence-electron chi connectivity index (χ4n) is 2.55. The van der Waals surface area contributed by atoms with Gasteiger partial charge in [0.1, 0.15) is 0 Å². The van der Waals surface area contributed by atoms with Gasteiger partial charge in [0.25, 0.3) is 0 Å². The molecule has 0 aromatic carbocycles.